The van der Waals surface area contributed by atoms with Gasteiger partial charge in [0, 0.05) is 16.0 Å². The van der Waals surface area contributed by atoms with E-state index in [4.69, 9.17) is 22.3 Å². The molecular weight excluding hydrogens is 372 g/mol. The minimum absolute atomic E-state index is 0.117. The second kappa shape index (κ2) is 8.05. The van der Waals surface area contributed by atoms with Gasteiger partial charge in [-0.2, -0.15) is 0 Å². The zero-order valence-electron chi connectivity index (χ0n) is 14.7. The van der Waals surface area contributed by atoms with Gasteiger partial charge in [-0.3, -0.25) is 0 Å². The third kappa shape index (κ3) is 4.28. The van der Waals surface area contributed by atoms with Gasteiger partial charge in [-0.25, -0.2) is 4.98 Å². The quantitative estimate of drug-likeness (QED) is 0.429. The standard InChI is InChI=1S/C23H19ClN2S/c24-20-12-6-16(7-13-20)14-21(25)23-26-22(15-27-23)19-10-8-18(9-11-19)17-4-2-1-3-5-17/h1-13,15,21H,14,25H2. The van der Waals surface area contributed by atoms with Crippen molar-refractivity contribution < 1.29 is 0 Å². The largest absolute Gasteiger partial charge is 0.322 e. The van der Waals surface area contributed by atoms with Crippen molar-refractivity contribution >= 4 is 22.9 Å². The molecule has 0 aliphatic carbocycles. The second-order valence-electron chi connectivity index (χ2n) is 6.45. The number of hydrogen-bond donors (Lipinski definition) is 1. The third-order valence-corrected chi connectivity index (χ3v) is 5.72. The van der Waals surface area contributed by atoms with Crippen LogP contribution in [-0.2, 0) is 6.42 Å². The molecule has 0 amide bonds. The van der Waals surface area contributed by atoms with Crippen molar-refractivity contribution in [2.75, 3.05) is 0 Å². The predicted octanol–water partition coefficient (Wildman–Crippen LogP) is 6.37. The Labute approximate surface area is 168 Å². The molecule has 4 aromatic rings. The number of aromatic nitrogens is 1. The molecule has 1 atom stereocenters. The molecule has 134 valence electrons. The van der Waals surface area contributed by atoms with Crippen molar-refractivity contribution in [2.24, 2.45) is 5.73 Å². The van der Waals surface area contributed by atoms with Crippen LogP contribution in [0.1, 0.15) is 16.6 Å². The number of halogens is 1. The smallest absolute Gasteiger partial charge is 0.110 e. The highest BCUT2D eigenvalue weighted by Crippen LogP contribution is 2.28. The van der Waals surface area contributed by atoms with Gasteiger partial charge in [0.1, 0.15) is 5.01 Å². The van der Waals surface area contributed by atoms with Crippen LogP contribution in [-0.4, -0.2) is 4.98 Å². The first-order valence-electron chi connectivity index (χ1n) is 8.80. The number of thiazole rings is 1. The van der Waals surface area contributed by atoms with E-state index in [9.17, 15) is 0 Å². The van der Waals surface area contributed by atoms with E-state index in [1.165, 1.54) is 11.1 Å². The molecule has 2 N–H and O–H groups in total. The summed E-state index contributed by atoms with van der Waals surface area (Å²) in [4.78, 5) is 4.76. The highest BCUT2D eigenvalue weighted by molar-refractivity contribution is 7.10. The highest BCUT2D eigenvalue weighted by atomic mass is 35.5. The monoisotopic (exact) mass is 390 g/mol. The SMILES string of the molecule is NC(Cc1ccc(Cl)cc1)c1nc(-c2ccc(-c3ccccc3)cc2)cs1. The first kappa shape index (κ1) is 17.9. The first-order chi connectivity index (χ1) is 13.2. The molecule has 4 rings (SSSR count). The van der Waals surface area contributed by atoms with Gasteiger partial charge >= 0.3 is 0 Å². The second-order valence-corrected chi connectivity index (χ2v) is 7.78. The molecule has 0 bridgehead atoms. The van der Waals surface area contributed by atoms with Crippen molar-refractivity contribution in [2.45, 2.75) is 12.5 Å². The lowest BCUT2D eigenvalue weighted by Gasteiger charge is -2.08. The Balaban J connectivity index is 1.49. The zero-order chi connectivity index (χ0) is 18.6. The molecule has 0 saturated carbocycles. The van der Waals surface area contributed by atoms with E-state index in [1.54, 1.807) is 11.3 Å². The van der Waals surface area contributed by atoms with E-state index in [-0.39, 0.29) is 6.04 Å². The fourth-order valence-electron chi connectivity index (χ4n) is 3.02. The fraction of sp³-hybridized carbons (Fsp3) is 0.0870. The Kier molecular flexibility index (Phi) is 5.35. The van der Waals surface area contributed by atoms with Gasteiger partial charge < -0.3 is 5.73 Å². The normalized spacial score (nSPS) is 12.1. The summed E-state index contributed by atoms with van der Waals surface area (Å²) in [6.07, 6.45) is 0.747. The van der Waals surface area contributed by atoms with E-state index in [1.807, 2.05) is 30.3 Å². The van der Waals surface area contributed by atoms with Gasteiger partial charge in [-0.15, -0.1) is 11.3 Å². The number of benzene rings is 3. The van der Waals surface area contributed by atoms with E-state index in [0.29, 0.717) is 0 Å². The average molecular weight is 391 g/mol. The lowest BCUT2D eigenvalue weighted by Crippen LogP contribution is -2.13. The molecule has 27 heavy (non-hydrogen) atoms. The van der Waals surface area contributed by atoms with Crippen LogP contribution in [0.2, 0.25) is 5.02 Å². The molecule has 1 heterocycles. The molecule has 3 aromatic carbocycles. The van der Waals surface area contributed by atoms with Crippen LogP contribution in [0.15, 0.2) is 84.2 Å². The topological polar surface area (TPSA) is 38.9 Å². The van der Waals surface area contributed by atoms with Crippen molar-refractivity contribution in [3.05, 3.63) is 99.8 Å². The first-order valence-corrected chi connectivity index (χ1v) is 10.1. The number of hydrogen-bond acceptors (Lipinski definition) is 3. The van der Waals surface area contributed by atoms with Gasteiger partial charge in [0.2, 0.25) is 0 Å². The molecule has 1 unspecified atom stereocenters. The Morgan fingerprint density at radius 3 is 2.15 bits per heavy atom. The number of nitrogens with two attached hydrogens (primary N) is 1. The van der Waals surface area contributed by atoms with E-state index in [0.717, 1.165) is 33.3 Å². The molecule has 1 aromatic heterocycles. The molecule has 2 nitrogen and oxygen atoms in total. The molecule has 0 spiro atoms. The number of rotatable bonds is 5. The van der Waals surface area contributed by atoms with Gasteiger partial charge in [0.15, 0.2) is 0 Å². The maximum atomic E-state index is 6.37. The molecule has 0 fully saturated rings. The fourth-order valence-corrected chi connectivity index (χ4v) is 3.97. The van der Waals surface area contributed by atoms with Crippen LogP contribution >= 0.6 is 22.9 Å². The van der Waals surface area contributed by atoms with Crippen molar-refractivity contribution in [1.82, 2.24) is 4.98 Å². The molecule has 0 radical (unpaired) electrons. The Bertz CT molecular complexity index is 1010. The van der Waals surface area contributed by atoms with Crippen LogP contribution in [0.3, 0.4) is 0 Å². The molecule has 4 heteroatoms. The zero-order valence-corrected chi connectivity index (χ0v) is 16.3. The van der Waals surface area contributed by atoms with E-state index < -0.39 is 0 Å². The van der Waals surface area contributed by atoms with Crippen LogP contribution in [0.25, 0.3) is 22.4 Å². The summed E-state index contributed by atoms with van der Waals surface area (Å²) in [5.74, 6) is 0. The summed E-state index contributed by atoms with van der Waals surface area (Å²) in [6.45, 7) is 0. The Morgan fingerprint density at radius 2 is 1.44 bits per heavy atom. The van der Waals surface area contributed by atoms with Gasteiger partial charge in [0.05, 0.1) is 11.7 Å². The van der Waals surface area contributed by atoms with E-state index in [2.05, 4.69) is 53.9 Å². The minimum atomic E-state index is -0.117. The summed E-state index contributed by atoms with van der Waals surface area (Å²) in [5.41, 5.74) is 12.0. The van der Waals surface area contributed by atoms with E-state index >= 15 is 0 Å². The maximum absolute atomic E-state index is 6.37. The predicted molar refractivity (Wildman–Crippen MR) is 115 cm³/mol. The summed E-state index contributed by atoms with van der Waals surface area (Å²) in [6, 6.07) is 26.6. The lowest BCUT2D eigenvalue weighted by molar-refractivity contribution is 0.716. The molecular formula is C23H19ClN2S. The molecule has 0 saturated heterocycles. The minimum Gasteiger partial charge on any atom is -0.322 e. The van der Waals surface area contributed by atoms with Gasteiger partial charge in [-0.05, 0) is 35.2 Å². The van der Waals surface area contributed by atoms with Crippen LogP contribution in [0.5, 0.6) is 0 Å². The summed E-state index contributed by atoms with van der Waals surface area (Å²) >= 11 is 7.56. The highest BCUT2D eigenvalue weighted by Gasteiger charge is 2.13. The van der Waals surface area contributed by atoms with Crippen LogP contribution in [0.4, 0.5) is 0 Å². The lowest BCUT2D eigenvalue weighted by atomic mass is 10.0. The van der Waals surface area contributed by atoms with Gasteiger partial charge in [-0.1, -0.05) is 78.3 Å². The number of nitrogens with zero attached hydrogens (tertiary/aromatic N) is 1. The summed E-state index contributed by atoms with van der Waals surface area (Å²) in [7, 11) is 0. The molecule has 0 aliphatic rings. The van der Waals surface area contributed by atoms with Gasteiger partial charge in [0.25, 0.3) is 0 Å². The average Bonchev–Trinajstić information content (AvgIpc) is 3.21. The molecule has 0 aliphatic heterocycles. The Hall–Kier alpha value is -2.46. The van der Waals surface area contributed by atoms with Crippen molar-refractivity contribution in [3.63, 3.8) is 0 Å². The van der Waals surface area contributed by atoms with Crippen molar-refractivity contribution in [1.29, 1.82) is 0 Å². The Morgan fingerprint density at radius 1 is 0.815 bits per heavy atom. The summed E-state index contributed by atoms with van der Waals surface area (Å²) in [5, 5.41) is 3.77. The maximum Gasteiger partial charge on any atom is 0.110 e. The third-order valence-electron chi connectivity index (χ3n) is 4.50. The van der Waals surface area contributed by atoms with Crippen LogP contribution in [0, 0.1) is 0 Å². The van der Waals surface area contributed by atoms with Crippen LogP contribution < -0.4 is 5.73 Å². The summed E-state index contributed by atoms with van der Waals surface area (Å²) < 4.78 is 0. The van der Waals surface area contributed by atoms with Crippen molar-refractivity contribution in [3.8, 4) is 22.4 Å².